The summed E-state index contributed by atoms with van der Waals surface area (Å²) in [6.07, 6.45) is 3.31. The molecule has 0 aromatic heterocycles. The first-order chi connectivity index (χ1) is 12.8. The molecule has 6 nitrogen and oxygen atoms in total. The summed E-state index contributed by atoms with van der Waals surface area (Å²) >= 11 is 1.50. The average molecular weight is 397 g/mol. The number of carboxylic acid groups (broad SMARTS) is 1. The number of nitrogens with zero attached hydrogens (tertiary/aromatic N) is 2. The van der Waals surface area contributed by atoms with Crippen LogP contribution in [0.15, 0.2) is 10.6 Å². The molecule has 3 rings (SSSR count). The van der Waals surface area contributed by atoms with Crippen LogP contribution in [0.2, 0.25) is 0 Å². The number of fused-ring (bicyclic) bond motifs is 1. The molecule has 0 bridgehead atoms. The van der Waals surface area contributed by atoms with Crippen LogP contribution < -0.4 is 5.11 Å². The normalized spacial score (nSPS) is 28.3. The van der Waals surface area contributed by atoms with E-state index in [4.69, 9.17) is 0 Å². The second-order valence-electron chi connectivity index (χ2n) is 8.38. The molecule has 2 aliphatic heterocycles. The Morgan fingerprint density at radius 2 is 1.85 bits per heavy atom. The lowest BCUT2D eigenvalue weighted by molar-refractivity contribution is -0.928. The minimum atomic E-state index is -1.26. The molecule has 2 heterocycles. The van der Waals surface area contributed by atoms with Crippen molar-refractivity contribution in [1.82, 2.24) is 4.90 Å². The van der Waals surface area contributed by atoms with Crippen molar-refractivity contribution in [2.24, 2.45) is 11.3 Å². The number of amides is 1. The van der Waals surface area contributed by atoms with Crippen molar-refractivity contribution in [2.75, 3.05) is 26.2 Å². The maximum absolute atomic E-state index is 12.5. The first-order valence-electron chi connectivity index (χ1n) is 10.2. The van der Waals surface area contributed by atoms with Gasteiger partial charge in [0.2, 0.25) is 5.91 Å². The summed E-state index contributed by atoms with van der Waals surface area (Å²) in [5.74, 6) is -2.07. The van der Waals surface area contributed by atoms with E-state index in [0.29, 0.717) is 0 Å². The van der Waals surface area contributed by atoms with E-state index in [9.17, 15) is 19.8 Å². The lowest BCUT2D eigenvalue weighted by Gasteiger charge is -2.44. The summed E-state index contributed by atoms with van der Waals surface area (Å²) < 4.78 is 0.947. The van der Waals surface area contributed by atoms with Crippen LogP contribution in [0.3, 0.4) is 0 Å². The van der Waals surface area contributed by atoms with E-state index in [1.807, 2.05) is 0 Å². The predicted molar refractivity (Wildman–Crippen MR) is 103 cm³/mol. The number of aliphatic carboxylic acids is 1. The second-order valence-corrected chi connectivity index (χ2v) is 9.51. The van der Waals surface area contributed by atoms with Gasteiger partial charge >= 0.3 is 0 Å². The molecule has 1 aliphatic carbocycles. The van der Waals surface area contributed by atoms with Crippen molar-refractivity contribution in [3.63, 3.8) is 0 Å². The Morgan fingerprint density at radius 1 is 1.30 bits per heavy atom. The molecule has 7 heteroatoms. The van der Waals surface area contributed by atoms with Crippen LogP contribution >= 0.6 is 11.8 Å². The fraction of sp³-hybridized carbons (Fsp3) is 0.800. The third kappa shape index (κ3) is 3.12. The van der Waals surface area contributed by atoms with Gasteiger partial charge in [0.15, 0.2) is 0 Å². The van der Waals surface area contributed by atoms with Crippen molar-refractivity contribution < 1.29 is 24.3 Å². The highest BCUT2D eigenvalue weighted by atomic mass is 32.2. The lowest BCUT2D eigenvalue weighted by Crippen LogP contribution is -2.61. The van der Waals surface area contributed by atoms with Gasteiger partial charge in [0, 0.05) is 4.91 Å². The number of rotatable bonds is 8. The average Bonchev–Trinajstić information content (AvgIpc) is 3.23. The number of aliphatic hydroxyl groups is 1. The molecule has 3 atom stereocenters. The first-order valence-corrected chi connectivity index (χ1v) is 11.1. The molecule has 0 aromatic carbocycles. The van der Waals surface area contributed by atoms with Gasteiger partial charge in [-0.1, -0.05) is 12.8 Å². The fourth-order valence-corrected chi connectivity index (χ4v) is 7.16. The molecule has 0 unspecified atom stereocenters. The fourth-order valence-electron chi connectivity index (χ4n) is 5.30. The van der Waals surface area contributed by atoms with Gasteiger partial charge in [0.05, 0.1) is 55.3 Å². The van der Waals surface area contributed by atoms with Gasteiger partial charge in [0.1, 0.15) is 5.37 Å². The van der Waals surface area contributed by atoms with Crippen LogP contribution in [-0.2, 0) is 9.59 Å². The highest BCUT2D eigenvalue weighted by Gasteiger charge is 2.60. The van der Waals surface area contributed by atoms with Crippen LogP contribution in [0.25, 0.3) is 0 Å². The quantitative estimate of drug-likeness (QED) is 0.494. The van der Waals surface area contributed by atoms with E-state index in [2.05, 4.69) is 20.8 Å². The summed E-state index contributed by atoms with van der Waals surface area (Å²) in [6, 6.07) is 0. The molecular weight excluding hydrogens is 364 g/mol. The number of carboxylic acids is 1. The van der Waals surface area contributed by atoms with Gasteiger partial charge in [0.25, 0.3) is 0 Å². The van der Waals surface area contributed by atoms with E-state index >= 15 is 0 Å². The number of carbonyl (C=O) groups excluding carboxylic acids is 2. The first kappa shape index (κ1) is 20.7. The smallest absolute Gasteiger partial charge is 0.236 e. The molecule has 3 aliphatic rings. The molecule has 0 radical (unpaired) electrons. The third-order valence-corrected chi connectivity index (χ3v) is 8.79. The molecule has 0 aromatic rings. The molecule has 0 spiro atoms. The van der Waals surface area contributed by atoms with Crippen LogP contribution in [-0.4, -0.2) is 64.0 Å². The van der Waals surface area contributed by atoms with Gasteiger partial charge in [-0.25, -0.2) is 0 Å². The number of thioether (sulfide) groups is 1. The molecule has 27 heavy (non-hydrogen) atoms. The molecule has 1 N–H and O–H groups in total. The van der Waals surface area contributed by atoms with Crippen LogP contribution in [0, 0.1) is 11.3 Å². The molecule has 2 fully saturated rings. The summed E-state index contributed by atoms with van der Waals surface area (Å²) in [4.78, 5) is 26.8. The number of hydrogen-bond donors (Lipinski definition) is 1. The maximum Gasteiger partial charge on any atom is 0.236 e. The second kappa shape index (κ2) is 7.41. The lowest BCUT2D eigenvalue weighted by atomic mass is 9.82. The molecule has 1 saturated heterocycles. The summed E-state index contributed by atoms with van der Waals surface area (Å²) in [6.45, 7) is 12.1. The van der Waals surface area contributed by atoms with Crippen molar-refractivity contribution in [3.8, 4) is 0 Å². The Kier molecular flexibility index (Phi) is 5.67. The van der Waals surface area contributed by atoms with Crippen LogP contribution in [0.5, 0.6) is 0 Å². The number of carbonyl (C=O) groups is 2. The van der Waals surface area contributed by atoms with E-state index in [-0.39, 0.29) is 22.4 Å². The summed E-state index contributed by atoms with van der Waals surface area (Å²) in [5, 5.41) is 21.7. The maximum atomic E-state index is 12.5. The molecule has 1 amide bonds. The topological polar surface area (TPSA) is 80.7 Å². The molecule has 152 valence electrons. The van der Waals surface area contributed by atoms with Gasteiger partial charge < -0.3 is 19.5 Å². The summed E-state index contributed by atoms with van der Waals surface area (Å²) in [5.41, 5.74) is -0.126. The highest BCUT2D eigenvalue weighted by Crippen LogP contribution is 2.60. The Labute approximate surface area is 166 Å². The Hall–Kier alpha value is -1.05. The van der Waals surface area contributed by atoms with Gasteiger partial charge in [-0.15, -0.1) is 11.8 Å². The van der Waals surface area contributed by atoms with Crippen molar-refractivity contribution >= 4 is 23.6 Å². The molecular formula is C20H32N2O4S. The number of β-lactam (4-membered cyclic amide) rings is 1. The van der Waals surface area contributed by atoms with E-state index in [1.54, 1.807) is 6.92 Å². The van der Waals surface area contributed by atoms with Gasteiger partial charge in [-0.05, 0) is 40.5 Å². The zero-order valence-corrected chi connectivity index (χ0v) is 17.7. The molecule has 1 saturated carbocycles. The number of aliphatic hydroxyl groups excluding tert-OH is 1. The van der Waals surface area contributed by atoms with E-state index in [0.717, 1.165) is 61.3 Å². The Morgan fingerprint density at radius 3 is 2.30 bits per heavy atom. The zero-order chi connectivity index (χ0) is 20.0. The zero-order valence-electron chi connectivity index (χ0n) is 16.9. The highest BCUT2D eigenvalue weighted by molar-refractivity contribution is 8.04. The largest absolute Gasteiger partial charge is 0.543 e. The van der Waals surface area contributed by atoms with E-state index in [1.165, 1.54) is 16.7 Å². The minimum Gasteiger partial charge on any atom is -0.543 e. The van der Waals surface area contributed by atoms with Crippen molar-refractivity contribution in [3.05, 3.63) is 10.6 Å². The predicted octanol–water partition coefficient (Wildman–Crippen LogP) is 1.30. The number of quaternary nitrogens is 1. The SMILES string of the molecule is CC[N+](CC)(CC)CC1(C2=C(C(=O)[O-])N3C(=O)[C@H]([C@@H](C)O)[C@H]3S2)CCCC1. The number of hydrogen-bond acceptors (Lipinski definition) is 5. The Balaban J connectivity index is 2.03. The standard InChI is InChI=1S/C20H32N2O4S/c1-5-22(6-2,7-3)12-20(10-8-9-11-20)16-15(19(25)26)21-17(24)14(13(4)23)18(21)27-16/h13-14,18,23H,5-12H2,1-4H3/t13-,14+,18-/m1/s1. The third-order valence-electron chi connectivity index (χ3n) is 7.18. The van der Waals surface area contributed by atoms with Crippen LogP contribution in [0.1, 0.15) is 53.4 Å². The minimum absolute atomic E-state index is 0.0789. The monoisotopic (exact) mass is 396 g/mol. The van der Waals surface area contributed by atoms with Gasteiger partial charge in [-0.3, -0.25) is 9.69 Å². The van der Waals surface area contributed by atoms with E-state index < -0.39 is 18.0 Å². The van der Waals surface area contributed by atoms with Crippen LogP contribution in [0.4, 0.5) is 0 Å². The van der Waals surface area contributed by atoms with Crippen molar-refractivity contribution in [2.45, 2.75) is 64.9 Å². The Bertz CT molecular complexity index is 642. The van der Waals surface area contributed by atoms with Gasteiger partial charge in [-0.2, -0.15) is 0 Å². The van der Waals surface area contributed by atoms with Crippen molar-refractivity contribution in [1.29, 1.82) is 0 Å². The summed E-state index contributed by atoms with van der Waals surface area (Å²) in [7, 11) is 0.